The summed E-state index contributed by atoms with van der Waals surface area (Å²) in [6, 6.07) is 0. The molecule has 2 atom stereocenters. The van der Waals surface area contributed by atoms with Gasteiger partial charge in [0.05, 0.1) is 6.54 Å². The number of thioether (sulfide) groups is 1. The van der Waals surface area contributed by atoms with Crippen LogP contribution in [-0.4, -0.2) is 30.5 Å². The van der Waals surface area contributed by atoms with Crippen molar-refractivity contribution in [1.29, 1.82) is 0 Å². The number of hydrogen-bond donors (Lipinski definition) is 1. The zero-order valence-corrected chi connectivity index (χ0v) is 9.09. The minimum absolute atomic E-state index is 0.112. The van der Waals surface area contributed by atoms with Crippen LogP contribution in [0.25, 0.3) is 0 Å². The molecule has 0 aromatic carbocycles. The Morgan fingerprint density at radius 2 is 2.14 bits per heavy atom. The fourth-order valence-electron chi connectivity index (χ4n) is 2.52. The molecule has 2 unspecified atom stereocenters. The Morgan fingerprint density at radius 1 is 1.29 bits per heavy atom. The zero-order chi connectivity index (χ0) is 10.0. The van der Waals surface area contributed by atoms with Gasteiger partial charge in [-0.25, -0.2) is 8.78 Å². The van der Waals surface area contributed by atoms with E-state index in [1.165, 1.54) is 0 Å². The normalized spacial score (nSPS) is 38.1. The van der Waals surface area contributed by atoms with E-state index in [-0.39, 0.29) is 18.4 Å². The van der Waals surface area contributed by atoms with Crippen molar-refractivity contribution in [2.75, 3.05) is 24.6 Å². The first kappa shape index (κ1) is 10.7. The molecule has 0 amide bonds. The predicted molar refractivity (Wildman–Crippen MR) is 56.0 cm³/mol. The molecule has 1 nitrogen and oxygen atoms in total. The molecule has 2 aliphatic heterocycles. The molecule has 2 fully saturated rings. The number of halogens is 2. The number of hydrogen-bond acceptors (Lipinski definition) is 2. The maximum atomic E-state index is 13.6. The van der Waals surface area contributed by atoms with E-state index in [9.17, 15) is 8.78 Å². The van der Waals surface area contributed by atoms with Crippen LogP contribution in [0.15, 0.2) is 0 Å². The van der Waals surface area contributed by atoms with Gasteiger partial charge >= 0.3 is 0 Å². The second kappa shape index (κ2) is 4.35. The molecule has 0 aliphatic carbocycles. The molecule has 0 aromatic heterocycles. The molecular weight excluding hydrogens is 204 g/mol. The summed E-state index contributed by atoms with van der Waals surface area (Å²) < 4.78 is 27.2. The molecular formula is C10H17F2NS. The van der Waals surface area contributed by atoms with E-state index in [4.69, 9.17) is 0 Å². The number of alkyl halides is 2. The summed E-state index contributed by atoms with van der Waals surface area (Å²) in [4.78, 5) is 0. The van der Waals surface area contributed by atoms with Crippen molar-refractivity contribution in [3.05, 3.63) is 0 Å². The van der Waals surface area contributed by atoms with Gasteiger partial charge in [-0.2, -0.15) is 11.8 Å². The fourth-order valence-corrected chi connectivity index (χ4v) is 3.76. The van der Waals surface area contributed by atoms with Crippen molar-refractivity contribution < 1.29 is 8.78 Å². The maximum Gasteiger partial charge on any atom is 0.263 e. The van der Waals surface area contributed by atoms with E-state index in [2.05, 4.69) is 5.32 Å². The number of rotatable bonds is 1. The van der Waals surface area contributed by atoms with E-state index >= 15 is 0 Å². The Bertz CT molecular complexity index is 193. The summed E-state index contributed by atoms with van der Waals surface area (Å²) in [6.45, 7) is 0.653. The molecule has 2 saturated heterocycles. The molecule has 14 heavy (non-hydrogen) atoms. The summed E-state index contributed by atoms with van der Waals surface area (Å²) in [6.07, 6.45) is 2.78. The van der Waals surface area contributed by atoms with Gasteiger partial charge in [0.15, 0.2) is 0 Å². The minimum Gasteiger partial charge on any atom is -0.311 e. The highest BCUT2D eigenvalue weighted by Crippen LogP contribution is 2.40. The number of nitrogens with one attached hydrogen (secondary N) is 1. The van der Waals surface area contributed by atoms with Crippen LogP contribution >= 0.6 is 11.8 Å². The molecule has 0 aromatic rings. The summed E-state index contributed by atoms with van der Waals surface area (Å²) >= 11 is 1.84. The Morgan fingerprint density at radius 3 is 2.79 bits per heavy atom. The lowest BCUT2D eigenvalue weighted by atomic mass is 9.80. The first-order chi connectivity index (χ1) is 6.70. The Balaban J connectivity index is 1.99. The average Bonchev–Trinajstić information content (AvgIpc) is 2.18. The van der Waals surface area contributed by atoms with Crippen molar-refractivity contribution in [3.8, 4) is 0 Å². The van der Waals surface area contributed by atoms with E-state index in [1.54, 1.807) is 0 Å². The van der Waals surface area contributed by atoms with E-state index in [1.807, 2.05) is 11.8 Å². The van der Waals surface area contributed by atoms with Crippen molar-refractivity contribution in [2.24, 2.45) is 11.8 Å². The third kappa shape index (κ3) is 2.22. The van der Waals surface area contributed by atoms with Crippen LogP contribution in [0.5, 0.6) is 0 Å². The Kier molecular flexibility index (Phi) is 3.32. The largest absolute Gasteiger partial charge is 0.311 e. The molecule has 4 heteroatoms. The fraction of sp³-hybridized carbons (Fsp3) is 1.00. The molecule has 2 aliphatic rings. The van der Waals surface area contributed by atoms with Crippen molar-refractivity contribution in [2.45, 2.75) is 25.2 Å². The number of piperidine rings is 1. The van der Waals surface area contributed by atoms with Gasteiger partial charge in [-0.15, -0.1) is 0 Å². The zero-order valence-electron chi connectivity index (χ0n) is 8.27. The molecule has 1 N–H and O–H groups in total. The standard InChI is InChI=1S/C10H17F2NS/c11-10(12)7-13-4-3-9(10)8-2-1-5-14-6-8/h8-9,13H,1-7H2. The van der Waals surface area contributed by atoms with Crippen LogP contribution in [0.1, 0.15) is 19.3 Å². The van der Waals surface area contributed by atoms with Crippen LogP contribution in [0.3, 0.4) is 0 Å². The molecule has 2 heterocycles. The third-order valence-electron chi connectivity index (χ3n) is 3.30. The van der Waals surface area contributed by atoms with Gasteiger partial charge in [-0.1, -0.05) is 0 Å². The van der Waals surface area contributed by atoms with Crippen LogP contribution in [0.4, 0.5) is 8.78 Å². The van der Waals surface area contributed by atoms with Crippen molar-refractivity contribution >= 4 is 11.8 Å². The topological polar surface area (TPSA) is 12.0 Å². The van der Waals surface area contributed by atoms with E-state index < -0.39 is 5.92 Å². The minimum atomic E-state index is -2.47. The summed E-state index contributed by atoms with van der Waals surface area (Å²) in [5.41, 5.74) is 0. The molecule has 0 bridgehead atoms. The van der Waals surface area contributed by atoms with Gasteiger partial charge in [0.2, 0.25) is 0 Å². The lowest BCUT2D eigenvalue weighted by molar-refractivity contribution is -0.0929. The SMILES string of the molecule is FC1(F)CNCCC1C1CCCSC1. The summed E-state index contributed by atoms with van der Waals surface area (Å²) in [7, 11) is 0. The quantitative estimate of drug-likeness (QED) is 0.729. The highest BCUT2D eigenvalue weighted by atomic mass is 32.2. The first-order valence-corrected chi connectivity index (χ1v) is 6.52. The highest BCUT2D eigenvalue weighted by Gasteiger charge is 2.45. The van der Waals surface area contributed by atoms with Gasteiger partial charge in [0.25, 0.3) is 5.92 Å². The first-order valence-electron chi connectivity index (χ1n) is 5.36. The lowest BCUT2D eigenvalue weighted by Crippen LogP contribution is -2.49. The van der Waals surface area contributed by atoms with Crippen LogP contribution in [-0.2, 0) is 0 Å². The maximum absolute atomic E-state index is 13.6. The average molecular weight is 221 g/mol. The molecule has 82 valence electrons. The van der Waals surface area contributed by atoms with Crippen LogP contribution in [0.2, 0.25) is 0 Å². The van der Waals surface area contributed by atoms with Gasteiger partial charge < -0.3 is 5.32 Å². The predicted octanol–water partition coefficient (Wildman–Crippen LogP) is 2.37. The molecule has 0 radical (unpaired) electrons. The van der Waals surface area contributed by atoms with Gasteiger partial charge in [-0.05, 0) is 43.2 Å². The van der Waals surface area contributed by atoms with Gasteiger partial charge in [0.1, 0.15) is 0 Å². The molecule has 2 rings (SSSR count). The monoisotopic (exact) mass is 221 g/mol. The summed E-state index contributed by atoms with van der Waals surface area (Å²) in [5.74, 6) is -0.476. The summed E-state index contributed by atoms with van der Waals surface area (Å²) in [5, 5.41) is 2.79. The Labute approximate surface area is 88.0 Å². The van der Waals surface area contributed by atoms with Crippen LogP contribution in [0, 0.1) is 11.8 Å². The molecule has 0 spiro atoms. The second-order valence-corrected chi connectivity index (χ2v) is 5.46. The van der Waals surface area contributed by atoms with Gasteiger partial charge in [0, 0.05) is 5.92 Å². The van der Waals surface area contributed by atoms with Crippen molar-refractivity contribution in [1.82, 2.24) is 5.32 Å². The molecule has 0 saturated carbocycles. The highest BCUT2D eigenvalue weighted by molar-refractivity contribution is 7.99. The lowest BCUT2D eigenvalue weighted by Gasteiger charge is -2.38. The smallest absolute Gasteiger partial charge is 0.263 e. The second-order valence-electron chi connectivity index (χ2n) is 4.31. The van der Waals surface area contributed by atoms with E-state index in [0.717, 1.165) is 30.9 Å². The Hall–Kier alpha value is 0.170. The van der Waals surface area contributed by atoms with E-state index in [0.29, 0.717) is 6.42 Å². The third-order valence-corrected chi connectivity index (χ3v) is 4.54. The van der Waals surface area contributed by atoms with Crippen LogP contribution < -0.4 is 5.32 Å². The van der Waals surface area contributed by atoms with Gasteiger partial charge in [-0.3, -0.25) is 0 Å². The van der Waals surface area contributed by atoms with Crippen molar-refractivity contribution in [3.63, 3.8) is 0 Å².